The summed E-state index contributed by atoms with van der Waals surface area (Å²) < 4.78 is 1.99. The Hall–Kier alpha value is -1.95. The van der Waals surface area contributed by atoms with Crippen LogP contribution in [0.2, 0.25) is 0 Å². The summed E-state index contributed by atoms with van der Waals surface area (Å²) in [4.78, 5) is 10.5. The molecule has 3 rings (SSSR count). The molecule has 0 aromatic carbocycles. The molecule has 6 heteroatoms. The molecule has 3 heterocycles. The average Bonchev–Trinajstić information content (AvgIpc) is 2.74. The summed E-state index contributed by atoms with van der Waals surface area (Å²) in [6, 6.07) is 2.28. The number of hydrogen-bond donors (Lipinski definition) is 1. The zero-order chi connectivity index (χ0) is 11.7. The van der Waals surface area contributed by atoms with Crippen molar-refractivity contribution in [1.29, 1.82) is 0 Å². The van der Waals surface area contributed by atoms with Gasteiger partial charge in [-0.3, -0.25) is 4.68 Å². The summed E-state index contributed by atoms with van der Waals surface area (Å²) >= 11 is 0. The average molecular weight is 230 g/mol. The van der Waals surface area contributed by atoms with Gasteiger partial charge in [-0.25, -0.2) is 9.97 Å². The Morgan fingerprint density at radius 1 is 1.29 bits per heavy atom. The van der Waals surface area contributed by atoms with Crippen molar-refractivity contribution in [2.45, 2.75) is 6.04 Å². The van der Waals surface area contributed by atoms with E-state index in [-0.39, 0.29) is 0 Å². The lowest BCUT2D eigenvalue weighted by atomic mass is 10.1. The fraction of sp³-hybridized carbons (Fsp3) is 0.364. The van der Waals surface area contributed by atoms with Crippen molar-refractivity contribution in [3.8, 4) is 0 Å². The molecule has 1 N–H and O–H groups in total. The van der Waals surface area contributed by atoms with Crippen molar-refractivity contribution < 1.29 is 0 Å². The highest BCUT2D eigenvalue weighted by atomic mass is 15.4. The van der Waals surface area contributed by atoms with Gasteiger partial charge >= 0.3 is 0 Å². The first kappa shape index (κ1) is 10.2. The standard InChI is InChI=1S/C11H14N6/c1-16-7-10(8-16)17-6-9(5-14-17)15-11-12-3-2-4-13-11/h2-6,10H,7-8H2,1H3,(H,12,13,15). The SMILES string of the molecule is CN1CC(n2cc(Nc3ncccn3)cn2)C1. The van der Waals surface area contributed by atoms with Crippen LogP contribution < -0.4 is 5.32 Å². The number of hydrogen-bond acceptors (Lipinski definition) is 5. The lowest BCUT2D eigenvalue weighted by molar-refractivity contribution is 0.130. The van der Waals surface area contributed by atoms with E-state index in [1.165, 1.54) is 0 Å². The maximum absolute atomic E-state index is 4.34. The van der Waals surface area contributed by atoms with Gasteiger partial charge in [0.15, 0.2) is 0 Å². The monoisotopic (exact) mass is 230 g/mol. The second-order valence-corrected chi connectivity index (χ2v) is 4.28. The lowest BCUT2D eigenvalue weighted by Crippen LogP contribution is -2.45. The van der Waals surface area contributed by atoms with E-state index in [0.717, 1.165) is 18.8 Å². The molecule has 2 aromatic rings. The molecule has 17 heavy (non-hydrogen) atoms. The Kier molecular flexibility index (Phi) is 2.49. The fourth-order valence-electron chi connectivity index (χ4n) is 1.93. The molecule has 1 aliphatic heterocycles. The Bertz CT molecular complexity index is 488. The molecule has 88 valence electrons. The van der Waals surface area contributed by atoms with Crippen LogP contribution in [0.4, 0.5) is 11.6 Å². The van der Waals surface area contributed by atoms with Crippen LogP contribution >= 0.6 is 0 Å². The first-order valence-corrected chi connectivity index (χ1v) is 5.58. The second kappa shape index (κ2) is 4.14. The summed E-state index contributed by atoms with van der Waals surface area (Å²) in [7, 11) is 2.11. The number of aromatic nitrogens is 4. The Labute approximate surface area is 99.3 Å². The third-order valence-electron chi connectivity index (χ3n) is 2.84. The Morgan fingerprint density at radius 2 is 2.06 bits per heavy atom. The molecule has 1 aliphatic rings. The molecule has 0 aliphatic carbocycles. The number of rotatable bonds is 3. The van der Waals surface area contributed by atoms with Gasteiger partial charge in [0.25, 0.3) is 0 Å². The van der Waals surface area contributed by atoms with E-state index in [4.69, 9.17) is 0 Å². The second-order valence-electron chi connectivity index (χ2n) is 4.28. The molecule has 2 aromatic heterocycles. The topological polar surface area (TPSA) is 58.9 Å². The first-order valence-electron chi connectivity index (χ1n) is 5.58. The molecule has 0 unspecified atom stereocenters. The maximum atomic E-state index is 4.34. The largest absolute Gasteiger partial charge is 0.321 e. The van der Waals surface area contributed by atoms with Crippen molar-refractivity contribution in [2.75, 3.05) is 25.5 Å². The minimum Gasteiger partial charge on any atom is -0.321 e. The Balaban J connectivity index is 1.69. The van der Waals surface area contributed by atoms with Gasteiger partial charge in [0.05, 0.1) is 17.9 Å². The first-order chi connectivity index (χ1) is 8.31. The van der Waals surface area contributed by atoms with Crippen LogP contribution in [0.25, 0.3) is 0 Å². The zero-order valence-corrected chi connectivity index (χ0v) is 9.61. The van der Waals surface area contributed by atoms with Crippen LogP contribution in [0.3, 0.4) is 0 Å². The van der Waals surface area contributed by atoms with Gasteiger partial charge in [-0.1, -0.05) is 0 Å². The summed E-state index contributed by atoms with van der Waals surface area (Å²) in [5, 5.41) is 7.46. The molecule has 0 atom stereocenters. The molecule has 0 amide bonds. The van der Waals surface area contributed by atoms with Crippen molar-refractivity contribution >= 4 is 11.6 Å². The van der Waals surface area contributed by atoms with Gasteiger partial charge in [-0.2, -0.15) is 5.10 Å². The number of nitrogens with zero attached hydrogens (tertiary/aromatic N) is 5. The van der Waals surface area contributed by atoms with Gasteiger partial charge in [-0.05, 0) is 13.1 Å². The molecule has 1 fully saturated rings. The van der Waals surface area contributed by atoms with Crippen LogP contribution in [0, 0.1) is 0 Å². The van der Waals surface area contributed by atoms with Crippen molar-refractivity contribution in [2.24, 2.45) is 0 Å². The predicted octanol–water partition coefficient (Wildman–Crippen LogP) is 0.903. The lowest BCUT2D eigenvalue weighted by Gasteiger charge is -2.35. The van der Waals surface area contributed by atoms with Crippen molar-refractivity contribution in [1.82, 2.24) is 24.6 Å². The quantitative estimate of drug-likeness (QED) is 0.849. The van der Waals surface area contributed by atoms with E-state index in [9.17, 15) is 0 Å². The van der Waals surface area contributed by atoms with E-state index < -0.39 is 0 Å². The number of likely N-dealkylation sites (N-methyl/N-ethyl adjacent to an activating group) is 1. The predicted molar refractivity (Wildman–Crippen MR) is 64.1 cm³/mol. The minimum atomic E-state index is 0.493. The van der Waals surface area contributed by atoms with Crippen molar-refractivity contribution in [3.63, 3.8) is 0 Å². The molecular weight excluding hydrogens is 216 g/mol. The van der Waals surface area contributed by atoms with Crippen LogP contribution in [0.5, 0.6) is 0 Å². The Morgan fingerprint density at radius 3 is 2.76 bits per heavy atom. The molecule has 0 bridgehead atoms. The van der Waals surface area contributed by atoms with E-state index >= 15 is 0 Å². The van der Waals surface area contributed by atoms with E-state index in [1.54, 1.807) is 24.7 Å². The molecule has 6 nitrogen and oxygen atoms in total. The summed E-state index contributed by atoms with van der Waals surface area (Å²) in [6.07, 6.45) is 7.21. The summed E-state index contributed by atoms with van der Waals surface area (Å²) in [6.45, 7) is 2.12. The summed E-state index contributed by atoms with van der Waals surface area (Å²) in [5.41, 5.74) is 0.922. The highest BCUT2D eigenvalue weighted by Crippen LogP contribution is 2.20. The molecule has 0 saturated carbocycles. The van der Waals surface area contributed by atoms with E-state index in [0.29, 0.717) is 12.0 Å². The third kappa shape index (κ3) is 2.12. The van der Waals surface area contributed by atoms with Gasteiger partial charge in [-0.15, -0.1) is 0 Å². The number of nitrogens with one attached hydrogen (secondary N) is 1. The molecule has 0 radical (unpaired) electrons. The van der Waals surface area contributed by atoms with Crippen LogP contribution in [-0.2, 0) is 0 Å². The zero-order valence-electron chi connectivity index (χ0n) is 9.61. The third-order valence-corrected chi connectivity index (χ3v) is 2.84. The van der Waals surface area contributed by atoms with Gasteiger partial charge in [0, 0.05) is 31.7 Å². The van der Waals surface area contributed by atoms with Gasteiger partial charge < -0.3 is 10.2 Å². The highest BCUT2D eigenvalue weighted by molar-refractivity contribution is 5.49. The molecule has 1 saturated heterocycles. The molecular formula is C11H14N6. The fourth-order valence-corrected chi connectivity index (χ4v) is 1.93. The maximum Gasteiger partial charge on any atom is 0.227 e. The molecule has 0 spiro atoms. The normalized spacial score (nSPS) is 16.8. The number of anilines is 2. The van der Waals surface area contributed by atoms with Crippen molar-refractivity contribution in [3.05, 3.63) is 30.9 Å². The minimum absolute atomic E-state index is 0.493. The van der Waals surface area contributed by atoms with Crippen LogP contribution in [-0.4, -0.2) is 44.8 Å². The van der Waals surface area contributed by atoms with Crippen LogP contribution in [0.15, 0.2) is 30.9 Å². The summed E-state index contributed by atoms with van der Waals surface area (Å²) in [5.74, 6) is 0.595. The van der Waals surface area contributed by atoms with Gasteiger partial charge in [0.1, 0.15) is 0 Å². The van der Waals surface area contributed by atoms with E-state index in [2.05, 4.69) is 32.3 Å². The number of likely N-dealkylation sites (tertiary alicyclic amines) is 1. The van der Waals surface area contributed by atoms with Crippen LogP contribution in [0.1, 0.15) is 6.04 Å². The van der Waals surface area contributed by atoms with E-state index in [1.807, 2.05) is 10.9 Å². The highest BCUT2D eigenvalue weighted by Gasteiger charge is 2.25. The van der Waals surface area contributed by atoms with Gasteiger partial charge in [0.2, 0.25) is 5.95 Å². The smallest absolute Gasteiger partial charge is 0.227 e.